The number of likely N-dealkylation sites (tertiary alicyclic amines) is 1. The molecule has 0 spiro atoms. The van der Waals surface area contributed by atoms with Crippen molar-refractivity contribution >= 4 is 23.4 Å². The molecule has 1 unspecified atom stereocenters. The van der Waals surface area contributed by atoms with E-state index in [4.69, 9.17) is 11.0 Å². The molecule has 3 N–H and O–H groups in total. The number of nitrogens with one attached hydrogen (secondary N) is 1. The molecule has 8 heteroatoms. The molecule has 2 aromatic rings. The Morgan fingerprint density at radius 2 is 2.14 bits per heavy atom. The molecule has 152 valence electrons. The molecule has 1 fully saturated rings. The Bertz CT molecular complexity index is 900. The van der Waals surface area contributed by atoms with Gasteiger partial charge in [0.15, 0.2) is 0 Å². The molecule has 1 saturated heterocycles. The van der Waals surface area contributed by atoms with Crippen molar-refractivity contribution in [3.05, 3.63) is 41.6 Å². The van der Waals surface area contributed by atoms with E-state index in [1.165, 1.54) is 6.42 Å². The van der Waals surface area contributed by atoms with Crippen LogP contribution in [-0.2, 0) is 0 Å². The van der Waals surface area contributed by atoms with Crippen LogP contribution in [0, 0.1) is 18.3 Å². The Hall–Kier alpha value is -3.18. The number of anilines is 2. The minimum Gasteiger partial charge on any atom is -0.369 e. The molecule has 2 heterocycles. The summed E-state index contributed by atoms with van der Waals surface area (Å²) in [5.41, 5.74) is 8.29. The van der Waals surface area contributed by atoms with E-state index in [0.717, 1.165) is 37.6 Å². The number of nitrogens with zero attached hydrogens (tertiary/aromatic N) is 6. The highest BCUT2D eigenvalue weighted by atomic mass is 15.3. The van der Waals surface area contributed by atoms with E-state index < -0.39 is 0 Å². The first-order valence-corrected chi connectivity index (χ1v) is 9.91. The molecule has 0 amide bonds. The molecular formula is C21H28N8. The molecule has 0 saturated carbocycles. The van der Waals surface area contributed by atoms with E-state index in [0.29, 0.717) is 23.2 Å². The molecule has 1 aliphatic rings. The number of hydrogen-bond acceptors (Lipinski definition) is 6. The fraction of sp³-hybridized carbons (Fsp3) is 0.429. The zero-order chi connectivity index (χ0) is 20.8. The van der Waals surface area contributed by atoms with Crippen LogP contribution in [0.1, 0.15) is 31.0 Å². The maximum Gasteiger partial charge on any atom is 0.234 e. The summed E-state index contributed by atoms with van der Waals surface area (Å²) >= 11 is 0. The van der Waals surface area contributed by atoms with Crippen LogP contribution in [0.3, 0.4) is 0 Å². The molecule has 3 rings (SSSR count). The third kappa shape index (κ3) is 5.42. The van der Waals surface area contributed by atoms with Gasteiger partial charge in [-0.05, 0) is 57.1 Å². The van der Waals surface area contributed by atoms with E-state index in [-0.39, 0.29) is 5.96 Å². The van der Waals surface area contributed by atoms with E-state index in [9.17, 15) is 0 Å². The van der Waals surface area contributed by atoms with Crippen molar-refractivity contribution in [2.24, 2.45) is 10.7 Å². The first kappa shape index (κ1) is 20.6. The van der Waals surface area contributed by atoms with Crippen LogP contribution in [0.5, 0.6) is 0 Å². The highest BCUT2D eigenvalue weighted by Gasteiger charge is 2.19. The summed E-state index contributed by atoms with van der Waals surface area (Å²) in [5.74, 6) is 1.57. The zero-order valence-electron chi connectivity index (χ0n) is 17.3. The van der Waals surface area contributed by atoms with Crippen LogP contribution >= 0.6 is 0 Å². The maximum absolute atomic E-state index is 8.90. The molecule has 29 heavy (non-hydrogen) atoms. The van der Waals surface area contributed by atoms with Gasteiger partial charge in [-0.1, -0.05) is 6.92 Å². The monoisotopic (exact) mass is 392 g/mol. The van der Waals surface area contributed by atoms with E-state index in [1.807, 2.05) is 13.0 Å². The number of benzene rings is 1. The lowest BCUT2D eigenvalue weighted by molar-refractivity contribution is 0.226. The minimum absolute atomic E-state index is 0.279. The quantitative estimate of drug-likeness (QED) is 0.595. The van der Waals surface area contributed by atoms with Crippen molar-refractivity contribution in [2.45, 2.75) is 32.7 Å². The lowest BCUT2D eigenvalue weighted by Gasteiger charge is -2.32. The van der Waals surface area contributed by atoms with Gasteiger partial charge >= 0.3 is 0 Å². The summed E-state index contributed by atoms with van der Waals surface area (Å²) < 4.78 is 0. The van der Waals surface area contributed by atoms with Gasteiger partial charge in [-0.25, -0.2) is 9.98 Å². The van der Waals surface area contributed by atoms with Crippen molar-refractivity contribution in [3.8, 4) is 6.07 Å². The van der Waals surface area contributed by atoms with Crippen molar-refractivity contribution in [1.29, 1.82) is 5.26 Å². The van der Waals surface area contributed by atoms with Crippen LogP contribution in [0.15, 0.2) is 35.3 Å². The van der Waals surface area contributed by atoms with Crippen LogP contribution in [0.25, 0.3) is 0 Å². The normalized spacial score (nSPS) is 17.6. The average molecular weight is 393 g/mol. The van der Waals surface area contributed by atoms with Gasteiger partial charge in [-0.2, -0.15) is 10.2 Å². The first-order chi connectivity index (χ1) is 14.0. The van der Waals surface area contributed by atoms with Gasteiger partial charge in [0, 0.05) is 31.4 Å². The van der Waals surface area contributed by atoms with E-state index >= 15 is 0 Å². The number of likely N-dealkylation sites (N-methyl/N-ethyl adjacent to an activating group) is 1. The second kappa shape index (κ2) is 9.34. The number of hydrogen-bond donors (Lipinski definition) is 2. The van der Waals surface area contributed by atoms with E-state index in [2.05, 4.69) is 38.2 Å². The van der Waals surface area contributed by atoms with Gasteiger partial charge in [0.25, 0.3) is 0 Å². The van der Waals surface area contributed by atoms with Crippen molar-refractivity contribution in [2.75, 3.05) is 36.9 Å². The molecule has 1 atom stereocenters. The number of aryl methyl sites for hydroxylation is 1. The highest BCUT2D eigenvalue weighted by Crippen LogP contribution is 2.19. The topological polar surface area (TPSA) is 106 Å². The summed E-state index contributed by atoms with van der Waals surface area (Å²) in [6, 6.07) is 11.3. The number of rotatable bonds is 5. The Balaban J connectivity index is 1.75. The fourth-order valence-electron chi connectivity index (χ4n) is 3.37. The van der Waals surface area contributed by atoms with Gasteiger partial charge < -0.3 is 16.0 Å². The highest BCUT2D eigenvalue weighted by molar-refractivity contribution is 5.94. The van der Waals surface area contributed by atoms with Crippen LogP contribution in [-0.4, -0.2) is 53.6 Å². The summed E-state index contributed by atoms with van der Waals surface area (Å²) in [4.78, 5) is 17.7. The Morgan fingerprint density at radius 3 is 2.83 bits per heavy atom. The smallest absolute Gasteiger partial charge is 0.234 e. The van der Waals surface area contributed by atoms with Gasteiger partial charge in [0.1, 0.15) is 5.82 Å². The summed E-state index contributed by atoms with van der Waals surface area (Å²) in [7, 11) is 1.79. The third-order valence-electron chi connectivity index (χ3n) is 5.03. The van der Waals surface area contributed by atoms with Gasteiger partial charge in [-0.15, -0.1) is 0 Å². The van der Waals surface area contributed by atoms with Crippen molar-refractivity contribution in [3.63, 3.8) is 0 Å². The Labute approximate surface area is 172 Å². The molecule has 8 nitrogen and oxygen atoms in total. The lowest BCUT2D eigenvalue weighted by atomic mass is 10.1. The molecule has 0 bridgehead atoms. The standard InChI is InChI=1S/C21H28N8/c1-4-29-11-5-6-18(14-29)25-19-12-15(2)24-21(27-19)28(3)20(23)26-17-9-7-16(13-22)8-10-17/h7-10,12,18H,4-6,11,14H2,1-3H3,(H2,23,26)(H,24,25,27). The number of nitriles is 1. The maximum atomic E-state index is 8.90. The van der Waals surface area contributed by atoms with Crippen LogP contribution in [0.4, 0.5) is 17.5 Å². The molecule has 0 aliphatic carbocycles. The van der Waals surface area contributed by atoms with Gasteiger partial charge in [0.05, 0.1) is 17.3 Å². The first-order valence-electron chi connectivity index (χ1n) is 9.91. The van der Waals surface area contributed by atoms with Crippen LogP contribution in [0.2, 0.25) is 0 Å². The molecular weight excluding hydrogens is 364 g/mol. The largest absolute Gasteiger partial charge is 0.369 e. The van der Waals surface area contributed by atoms with Gasteiger partial charge in [-0.3, -0.25) is 4.90 Å². The number of aliphatic imine (C=N–C) groups is 1. The summed E-state index contributed by atoms with van der Waals surface area (Å²) in [5, 5.41) is 12.5. The number of guanidine groups is 1. The predicted octanol–water partition coefficient (Wildman–Crippen LogP) is 2.64. The Morgan fingerprint density at radius 1 is 1.38 bits per heavy atom. The second-order valence-corrected chi connectivity index (χ2v) is 7.26. The SMILES string of the molecule is CCN1CCCC(Nc2cc(C)nc(N(C)C(N)=Nc3ccc(C#N)cc3)n2)C1. The van der Waals surface area contributed by atoms with Gasteiger partial charge in [0.2, 0.25) is 11.9 Å². The summed E-state index contributed by atoms with van der Waals surface area (Å²) in [6.07, 6.45) is 2.32. The van der Waals surface area contributed by atoms with Crippen molar-refractivity contribution < 1.29 is 0 Å². The predicted molar refractivity (Wildman–Crippen MR) is 116 cm³/mol. The fourth-order valence-corrected chi connectivity index (χ4v) is 3.37. The van der Waals surface area contributed by atoms with Crippen LogP contribution < -0.4 is 16.0 Å². The lowest BCUT2D eigenvalue weighted by Crippen LogP contribution is -2.42. The minimum atomic E-state index is 0.279. The average Bonchev–Trinajstić information content (AvgIpc) is 2.73. The summed E-state index contributed by atoms with van der Waals surface area (Å²) in [6.45, 7) is 7.38. The number of nitrogens with two attached hydrogens (primary N) is 1. The van der Waals surface area contributed by atoms with E-state index in [1.54, 1.807) is 36.2 Å². The Kier molecular flexibility index (Phi) is 6.62. The van der Waals surface area contributed by atoms with Crippen molar-refractivity contribution in [1.82, 2.24) is 14.9 Å². The number of piperidine rings is 1. The third-order valence-corrected chi connectivity index (χ3v) is 5.03. The molecule has 1 aromatic carbocycles. The zero-order valence-corrected chi connectivity index (χ0v) is 17.3. The molecule has 1 aliphatic heterocycles. The number of aromatic nitrogens is 2. The second-order valence-electron chi connectivity index (χ2n) is 7.26. The molecule has 1 aromatic heterocycles. The molecule has 0 radical (unpaired) electrons.